The van der Waals surface area contributed by atoms with Crippen LogP contribution in [0.4, 0.5) is 5.95 Å². The normalized spacial score (nSPS) is 14.2. The smallest absolute Gasteiger partial charge is 0.267 e. The number of nitrogens with two attached hydrogens (primary N) is 2. The highest BCUT2D eigenvalue weighted by molar-refractivity contribution is 5.92. The second kappa shape index (κ2) is 2.69. The average Bonchev–Trinajstić information content (AvgIpc) is 2.49. The maximum Gasteiger partial charge on any atom is 0.267 e. The third-order valence-corrected chi connectivity index (χ3v) is 2.18. The Morgan fingerprint density at radius 2 is 2.08 bits per heavy atom. The molecule has 1 aromatic rings. The van der Waals surface area contributed by atoms with Gasteiger partial charge in [0.05, 0.1) is 0 Å². The van der Waals surface area contributed by atoms with E-state index in [0.717, 1.165) is 30.5 Å². The minimum atomic E-state index is -0.521. The molecule has 0 aromatic carbocycles. The Morgan fingerprint density at radius 1 is 1.31 bits per heavy atom. The van der Waals surface area contributed by atoms with Gasteiger partial charge >= 0.3 is 0 Å². The van der Waals surface area contributed by atoms with Crippen LogP contribution < -0.4 is 11.5 Å². The highest BCUT2D eigenvalue weighted by Gasteiger charge is 2.21. The fourth-order valence-corrected chi connectivity index (χ4v) is 1.66. The van der Waals surface area contributed by atoms with Crippen molar-refractivity contribution in [2.45, 2.75) is 19.3 Å². The van der Waals surface area contributed by atoms with E-state index in [2.05, 4.69) is 9.97 Å². The number of carbonyl (C=O) groups is 1. The molecule has 1 amide bonds. The second-order valence-corrected chi connectivity index (χ2v) is 3.07. The van der Waals surface area contributed by atoms with Gasteiger partial charge in [-0.15, -0.1) is 0 Å². The zero-order valence-corrected chi connectivity index (χ0v) is 7.08. The summed E-state index contributed by atoms with van der Waals surface area (Å²) in [5.41, 5.74) is 12.7. The molecule has 0 fully saturated rings. The zero-order valence-electron chi connectivity index (χ0n) is 7.08. The molecule has 0 unspecified atom stereocenters. The number of amides is 1. The number of anilines is 1. The summed E-state index contributed by atoms with van der Waals surface area (Å²) in [6, 6.07) is 0. The van der Waals surface area contributed by atoms with Gasteiger partial charge < -0.3 is 11.5 Å². The predicted molar refractivity (Wildman–Crippen MR) is 47.0 cm³/mol. The number of rotatable bonds is 1. The Labute approximate surface area is 75.2 Å². The summed E-state index contributed by atoms with van der Waals surface area (Å²) in [4.78, 5) is 18.9. The van der Waals surface area contributed by atoms with Gasteiger partial charge in [-0.2, -0.15) is 0 Å². The van der Waals surface area contributed by atoms with Gasteiger partial charge in [0.2, 0.25) is 5.95 Å². The van der Waals surface area contributed by atoms with Gasteiger partial charge in [-0.3, -0.25) is 4.79 Å². The quantitative estimate of drug-likeness (QED) is 0.614. The second-order valence-electron chi connectivity index (χ2n) is 3.07. The van der Waals surface area contributed by atoms with Gasteiger partial charge in [-0.05, 0) is 19.3 Å². The van der Waals surface area contributed by atoms with Crippen molar-refractivity contribution in [2.24, 2.45) is 5.73 Å². The summed E-state index contributed by atoms with van der Waals surface area (Å²) in [6.45, 7) is 0. The molecule has 0 saturated carbocycles. The lowest BCUT2D eigenvalue weighted by Crippen LogP contribution is -2.18. The Kier molecular flexibility index (Phi) is 1.65. The molecular weight excluding hydrogens is 168 g/mol. The fourth-order valence-electron chi connectivity index (χ4n) is 1.66. The van der Waals surface area contributed by atoms with Crippen molar-refractivity contribution >= 4 is 11.9 Å². The van der Waals surface area contributed by atoms with E-state index in [0.29, 0.717) is 5.69 Å². The van der Waals surface area contributed by atoms with Crippen molar-refractivity contribution < 1.29 is 4.79 Å². The number of fused-ring (bicyclic) bond motifs is 1. The molecular formula is C8H10N4O. The topological polar surface area (TPSA) is 94.9 Å². The summed E-state index contributed by atoms with van der Waals surface area (Å²) in [5.74, 6) is -0.387. The Hall–Kier alpha value is -1.65. The molecule has 1 aliphatic rings. The molecule has 0 aliphatic heterocycles. The minimum absolute atomic E-state index is 0.134. The number of aromatic nitrogens is 2. The summed E-state index contributed by atoms with van der Waals surface area (Å²) in [7, 11) is 0. The van der Waals surface area contributed by atoms with Crippen LogP contribution in [0.25, 0.3) is 0 Å². The molecule has 0 saturated heterocycles. The van der Waals surface area contributed by atoms with Crippen molar-refractivity contribution in [3.63, 3.8) is 0 Å². The van der Waals surface area contributed by atoms with Crippen LogP contribution in [-0.2, 0) is 12.8 Å². The molecule has 1 heterocycles. The SMILES string of the molecule is NC(=O)c1nc(N)nc2c1CCC2. The molecule has 0 spiro atoms. The molecule has 5 heteroatoms. The Morgan fingerprint density at radius 3 is 2.77 bits per heavy atom. The summed E-state index contributed by atoms with van der Waals surface area (Å²) in [5, 5.41) is 0. The monoisotopic (exact) mass is 178 g/mol. The van der Waals surface area contributed by atoms with Crippen LogP contribution in [-0.4, -0.2) is 15.9 Å². The van der Waals surface area contributed by atoms with E-state index in [4.69, 9.17) is 11.5 Å². The molecule has 1 aromatic heterocycles. The molecule has 68 valence electrons. The lowest BCUT2D eigenvalue weighted by molar-refractivity contribution is 0.0994. The lowest BCUT2D eigenvalue weighted by Gasteiger charge is -2.03. The number of carbonyl (C=O) groups excluding carboxylic acids is 1. The molecule has 0 atom stereocenters. The maximum absolute atomic E-state index is 11.0. The fraction of sp³-hybridized carbons (Fsp3) is 0.375. The van der Waals surface area contributed by atoms with Crippen LogP contribution in [0.15, 0.2) is 0 Å². The first kappa shape index (κ1) is 7.97. The zero-order chi connectivity index (χ0) is 9.42. The molecule has 1 aliphatic carbocycles. The van der Waals surface area contributed by atoms with Crippen LogP contribution in [0.3, 0.4) is 0 Å². The largest absolute Gasteiger partial charge is 0.368 e. The van der Waals surface area contributed by atoms with Gasteiger partial charge in [0, 0.05) is 11.3 Å². The predicted octanol–water partition coefficient (Wildman–Crippen LogP) is -0.354. The molecule has 4 N–H and O–H groups in total. The minimum Gasteiger partial charge on any atom is -0.368 e. The Balaban J connectivity index is 2.62. The van der Waals surface area contributed by atoms with Crippen molar-refractivity contribution in [2.75, 3.05) is 5.73 Å². The molecule has 2 rings (SSSR count). The number of hydrogen-bond donors (Lipinski definition) is 2. The number of primary amides is 1. The van der Waals surface area contributed by atoms with Crippen LogP contribution in [0.5, 0.6) is 0 Å². The van der Waals surface area contributed by atoms with E-state index in [1.54, 1.807) is 0 Å². The van der Waals surface area contributed by atoms with Gasteiger partial charge in [0.1, 0.15) is 5.69 Å². The average molecular weight is 178 g/mol. The van der Waals surface area contributed by atoms with Crippen molar-refractivity contribution in [1.82, 2.24) is 9.97 Å². The highest BCUT2D eigenvalue weighted by Crippen LogP contribution is 2.22. The highest BCUT2D eigenvalue weighted by atomic mass is 16.1. The van der Waals surface area contributed by atoms with Crippen LogP contribution in [0.1, 0.15) is 28.2 Å². The number of nitrogens with zero attached hydrogens (tertiary/aromatic N) is 2. The third kappa shape index (κ3) is 1.22. The van der Waals surface area contributed by atoms with Crippen LogP contribution in [0, 0.1) is 0 Å². The van der Waals surface area contributed by atoms with E-state index >= 15 is 0 Å². The van der Waals surface area contributed by atoms with Crippen molar-refractivity contribution in [3.8, 4) is 0 Å². The maximum atomic E-state index is 11.0. The first-order valence-corrected chi connectivity index (χ1v) is 4.13. The van der Waals surface area contributed by atoms with Crippen molar-refractivity contribution in [3.05, 3.63) is 17.0 Å². The molecule has 0 radical (unpaired) electrons. The Bertz CT molecular complexity index is 375. The first-order chi connectivity index (χ1) is 6.18. The van der Waals surface area contributed by atoms with Crippen LogP contribution >= 0.6 is 0 Å². The number of nitrogen functional groups attached to an aromatic ring is 1. The molecule has 0 bridgehead atoms. The van der Waals surface area contributed by atoms with Crippen LogP contribution in [0.2, 0.25) is 0 Å². The van der Waals surface area contributed by atoms with E-state index < -0.39 is 5.91 Å². The molecule has 13 heavy (non-hydrogen) atoms. The van der Waals surface area contributed by atoms with E-state index in [9.17, 15) is 4.79 Å². The van der Waals surface area contributed by atoms with Gasteiger partial charge in [0.15, 0.2) is 0 Å². The van der Waals surface area contributed by atoms with Crippen molar-refractivity contribution in [1.29, 1.82) is 0 Å². The van der Waals surface area contributed by atoms with E-state index in [1.165, 1.54) is 0 Å². The first-order valence-electron chi connectivity index (χ1n) is 4.13. The summed E-state index contributed by atoms with van der Waals surface area (Å²) in [6.07, 6.45) is 2.68. The van der Waals surface area contributed by atoms with Gasteiger partial charge in [-0.25, -0.2) is 9.97 Å². The standard InChI is InChI=1S/C8H10N4O/c9-7(13)6-4-2-1-3-5(4)11-8(10)12-6/h1-3H2,(H2,9,13)(H2,10,11,12). The van der Waals surface area contributed by atoms with E-state index in [1.807, 2.05) is 0 Å². The summed E-state index contributed by atoms with van der Waals surface area (Å²) >= 11 is 0. The lowest BCUT2D eigenvalue weighted by atomic mass is 10.2. The van der Waals surface area contributed by atoms with Gasteiger partial charge in [-0.1, -0.05) is 0 Å². The van der Waals surface area contributed by atoms with E-state index in [-0.39, 0.29) is 5.95 Å². The molecule has 5 nitrogen and oxygen atoms in total. The number of aryl methyl sites for hydroxylation is 1. The summed E-state index contributed by atoms with van der Waals surface area (Å²) < 4.78 is 0. The third-order valence-electron chi connectivity index (χ3n) is 2.18. The van der Waals surface area contributed by atoms with Gasteiger partial charge in [0.25, 0.3) is 5.91 Å². The number of hydrogen-bond acceptors (Lipinski definition) is 4.